The predicted octanol–water partition coefficient (Wildman–Crippen LogP) is 3.79. The van der Waals surface area contributed by atoms with Crippen molar-refractivity contribution in [2.24, 2.45) is 10.8 Å². The molecule has 0 saturated carbocycles. The van der Waals surface area contributed by atoms with E-state index in [1.54, 1.807) is 24.4 Å². The number of hydrogen-bond donors (Lipinski definition) is 3. The number of aromatic nitrogens is 4. The third kappa shape index (κ3) is 4.25. The van der Waals surface area contributed by atoms with E-state index in [4.69, 9.17) is 33.7 Å². The number of H-pyrrole nitrogens is 1. The van der Waals surface area contributed by atoms with Crippen LogP contribution >= 0.6 is 23.2 Å². The number of fused-ring (bicyclic) bond motifs is 1. The van der Waals surface area contributed by atoms with Crippen molar-refractivity contribution in [3.05, 3.63) is 81.3 Å². The van der Waals surface area contributed by atoms with Gasteiger partial charge in [0.1, 0.15) is 0 Å². The Morgan fingerprint density at radius 3 is 2.60 bits per heavy atom. The van der Waals surface area contributed by atoms with E-state index in [1.165, 1.54) is 18.2 Å². The molecule has 3 heterocycles. The largest absolute Gasteiger partial charge is 0.434 e. The topological polar surface area (TPSA) is 151 Å². The Hall–Kier alpha value is -4.48. The molecule has 4 N–H and O–H groups in total. The van der Waals surface area contributed by atoms with E-state index in [1.807, 2.05) is 6.07 Å². The first kappa shape index (κ1) is 22.3. The standard InChI is InChI=1S/C22H14Cl2N8O3/c1-10-20(25)31-32(22(34)27-10)13-7-15(23)19(16(24)8-13)35-21-14(9-18(33)29-30-21)11-2-3-17-12(6-11)4-5-26-28-17/h2-9H,1H2,(H2,25,31)(H,27,34)(H,29,33). The molecule has 5 rings (SSSR count). The van der Waals surface area contributed by atoms with Gasteiger partial charge in [-0.05, 0) is 35.9 Å². The zero-order chi connectivity index (χ0) is 24.7. The van der Waals surface area contributed by atoms with E-state index in [9.17, 15) is 9.59 Å². The SMILES string of the molecule is C=C1NC(=O)N(c2cc(Cl)c(Oc3n[nH]c(=O)cc3-c3ccc4nnccc4c3)c(Cl)c2)N=C1N. The van der Waals surface area contributed by atoms with Gasteiger partial charge in [0, 0.05) is 11.5 Å². The molecule has 2 amide bonds. The van der Waals surface area contributed by atoms with E-state index in [-0.39, 0.29) is 38.9 Å². The molecule has 1 aliphatic heterocycles. The summed E-state index contributed by atoms with van der Waals surface area (Å²) < 4.78 is 5.93. The van der Waals surface area contributed by atoms with E-state index in [2.05, 4.69) is 37.4 Å². The lowest BCUT2D eigenvalue weighted by Gasteiger charge is -2.24. The first-order chi connectivity index (χ1) is 16.8. The van der Waals surface area contributed by atoms with Crippen molar-refractivity contribution < 1.29 is 9.53 Å². The molecule has 174 valence electrons. The van der Waals surface area contributed by atoms with E-state index in [0.717, 1.165) is 10.4 Å². The summed E-state index contributed by atoms with van der Waals surface area (Å²) in [6.45, 7) is 3.60. The maximum Gasteiger partial charge on any atom is 0.347 e. The van der Waals surface area contributed by atoms with Gasteiger partial charge < -0.3 is 15.8 Å². The fourth-order valence-corrected chi connectivity index (χ4v) is 3.88. The molecule has 11 nitrogen and oxygen atoms in total. The molecule has 4 aromatic rings. The average molecular weight is 509 g/mol. The fraction of sp³-hybridized carbons (Fsp3) is 0. The summed E-state index contributed by atoms with van der Waals surface area (Å²) in [7, 11) is 0. The molecule has 13 heteroatoms. The lowest BCUT2D eigenvalue weighted by molar-refractivity contribution is 0.248. The quantitative estimate of drug-likeness (QED) is 0.379. The van der Waals surface area contributed by atoms with Gasteiger partial charge >= 0.3 is 6.03 Å². The number of urea groups is 1. The molecule has 0 saturated heterocycles. The number of nitrogens with one attached hydrogen (secondary N) is 2. The predicted molar refractivity (Wildman–Crippen MR) is 132 cm³/mol. The van der Waals surface area contributed by atoms with Crippen molar-refractivity contribution in [3.8, 4) is 22.8 Å². The minimum Gasteiger partial charge on any atom is -0.434 e. The van der Waals surface area contributed by atoms with Crippen molar-refractivity contribution in [2.45, 2.75) is 0 Å². The molecule has 2 aromatic carbocycles. The summed E-state index contributed by atoms with van der Waals surface area (Å²) in [5.74, 6) is 0.140. The van der Waals surface area contributed by atoms with Gasteiger partial charge in [0.25, 0.3) is 5.56 Å². The Morgan fingerprint density at radius 2 is 1.83 bits per heavy atom. The maximum absolute atomic E-state index is 12.3. The first-order valence-corrected chi connectivity index (χ1v) is 10.7. The Kier molecular flexibility index (Phi) is 5.55. The second-order valence-electron chi connectivity index (χ2n) is 7.30. The van der Waals surface area contributed by atoms with Crippen LogP contribution in [0.15, 0.2) is 70.8 Å². The Bertz CT molecular complexity index is 1600. The number of nitrogens with two attached hydrogens (primary N) is 1. The second kappa shape index (κ2) is 8.70. The monoisotopic (exact) mass is 508 g/mol. The average Bonchev–Trinajstić information content (AvgIpc) is 2.84. The summed E-state index contributed by atoms with van der Waals surface area (Å²) in [5, 5.41) is 22.7. The molecule has 0 bridgehead atoms. The number of hydrogen-bond acceptors (Lipinski definition) is 8. The minimum absolute atomic E-state index is 0.0284. The number of rotatable bonds is 4. The van der Waals surface area contributed by atoms with Crippen LogP contribution in [0.1, 0.15) is 0 Å². The van der Waals surface area contributed by atoms with Gasteiger partial charge in [0.2, 0.25) is 5.88 Å². The van der Waals surface area contributed by atoms with Crippen LogP contribution in [-0.4, -0.2) is 32.3 Å². The van der Waals surface area contributed by atoms with Crippen LogP contribution in [0.3, 0.4) is 0 Å². The summed E-state index contributed by atoms with van der Waals surface area (Å²) in [5.41, 5.74) is 7.48. The lowest BCUT2D eigenvalue weighted by Crippen LogP contribution is -2.45. The van der Waals surface area contributed by atoms with Crippen molar-refractivity contribution in [1.82, 2.24) is 25.7 Å². The molecule has 2 aromatic heterocycles. The minimum atomic E-state index is -0.587. The van der Waals surface area contributed by atoms with Crippen molar-refractivity contribution in [2.75, 3.05) is 5.01 Å². The van der Waals surface area contributed by atoms with E-state index in [0.29, 0.717) is 16.6 Å². The van der Waals surface area contributed by atoms with Crippen LogP contribution < -0.4 is 26.4 Å². The number of anilines is 1. The molecule has 0 spiro atoms. The van der Waals surface area contributed by atoms with Gasteiger partial charge in [-0.15, -0.1) is 10.2 Å². The number of carbonyl (C=O) groups is 1. The highest BCUT2D eigenvalue weighted by atomic mass is 35.5. The highest BCUT2D eigenvalue weighted by Gasteiger charge is 2.25. The van der Waals surface area contributed by atoms with Gasteiger partial charge in [-0.3, -0.25) is 4.79 Å². The zero-order valence-corrected chi connectivity index (χ0v) is 19.1. The first-order valence-electron chi connectivity index (χ1n) is 9.93. The summed E-state index contributed by atoms with van der Waals surface area (Å²) in [6.07, 6.45) is 1.57. The van der Waals surface area contributed by atoms with Crippen LogP contribution in [0.25, 0.3) is 22.0 Å². The lowest BCUT2D eigenvalue weighted by atomic mass is 10.1. The molecule has 0 unspecified atom stereocenters. The number of amides is 2. The highest BCUT2D eigenvalue weighted by Crippen LogP contribution is 2.41. The van der Waals surface area contributed by atoms with E-state index < -0.39 is 11.6 Å². The number of aromatic amines is 1. The molecule has 0 atom stereocenters. The van der Waals surface area contributed by atoms with Crippen LogP contribution in [0.5, 0.6) is 11.6 Å². The van der Waals surface area contributed by atoms with Crippen LogP contribution in [-0.2, 0) is 0 Å². The second-order valence-corrected chi connectivity index (χ2v) is 8.12. The van der Waals surface area contributed by atoms with Crippen molar-refractivity contribution >= 4 is 51.7 Å². The fourth-order valence-electron chi connectivity index (χ4n) is 3.33. The highest BCUT2D eigenvalue weighted by molar-refractivity contribution is 6.37. The molecule has 0 radical (unpaired) electrons. The van der Waals surface area contributed by atoms with Crippen LogP contribution in [0.2, 0.25) is 10.0 Å². The maximum atomic E-state index is 12.3. The van der Waals surface area contributed by atoms with E-state index >= 15 is 0 Å². The smallest absolute Gasteiger partial charge is 0.347 e. The molecule has 1 aliphatic rings. The van der Waals surface area contributed by atoms with Gasteiger partial charge in [-0.25, -0.2) is 9.89 Å². The summed E-state index contributed by atoms with van der Waals surface area (Å²) >= 11 is 12.9. The molecule has 35 heavy (non-hydrogen) atoms. The number of halogens is 2. The molecule has 0 fully saturated rings. The third-order valence-electron chi connectivity index (χ3n) is 4.99. The Morgan fingerprint density at radius 1 is 1.06 bits per heavy atom. The van der Waals surface area contributed by atoms with Gasteiger partial charge in [0.05, 0.1) is 38.7 Å². The Labute approximate surface area is 206 Å². The van der Waals surface area contributed by atoms with Crippen molar-refractivity contribution in [1.29, 1.82) is 0 Å². The molecular weight excluding hydrogens is 495 g/mol. The summed E-state index contributed by atoms with van der Waals surface area (Å²) in [6, 6.07) is 10.7. The number of amidine groups is 1. The number of ether oxygens (including phenoxy) is 1. The Balaban J connectivity index is 1.54. The number of carbonyl (C=O) groups excluding carboxylic acids is 1. The number of benzene rings is 2. The van der Waals surface area contributed by atoms with Crippen LogP contribution in [0, 0.1) is 0 Å². The zero-order valence-electron chi connectivity index (χ0n) is 17.6. The molecular formula is C22H14Cl2N8O3. The normalized spacial score (nSPS) is 13.5. The van der Waals surface area contributed by atoms with Gasteiger partial charge in [-0.1, -0.05) is 35.8 Å². The van der Waals surface area contributed by atoms with Crippen molar-refractivity contribution in [3.63, 3.8) is 0 Å². The van der Waals surface area contributed by atoms with Gasteiger partial charge in [-0.2, -0.15) is 15.2 Å². The third-order valence-corrected chi connectivity index (χ3v) is 5.55. The van der Waals surface area contributed by atoms with Gasteiger partial charge in [0.15, 0.2) is 11.6 Å². The van der Waals surface area contributed by atoms with Crippen LogP contribution in [0.4, 0.5) is 10.5 Å². The number of hydrazone groups is 1. The summed E-state index contributed by atoms with van der Waals surface area (Å²) in [4.78, 5) is 24.3. The molecule has 0 aliphatic carbocycles. The number of nitrogens with zero attached hydrogens (tertiary/aromatic N) is 5.